The van der Waals surface area contributed by atoms with Crippen LogP contribution < -0.4 is 4.74 Å². The van der Waals surface area contributed by atoms with Crippen LogP contribution in [0.5, 0.6) is 5.75 Å². The molecule has 2 aliphatic rings. The van der Waals surface area contributed by atoms with Crippen LogP contribution in [0, 0.1) is 12.7 Å². The summed E-state index contributed by atoms with van der Waals surface area (Å²) < 4.78 is 25.6. The maximum absolute atomic E-state index is 13.7. The van der Waals surface area contributed by atoms with Crippen LogP contribution in [0.4, 0.5) is 4.39 Å². The summed E-state index contributed by atoms with van der Waals surface area (Å²) in [5, 5.41) is 0. The minimum Gasteiger partial charge on any atom is -0.487 e. The summed E-state index contributed by atoms with van der Waals surface area (Å²) in [4.78, 5) is 0. The Morgan fingerprint density at radius 1 is 1.32 bits per heavy atom. The summed E-state index contributed by atoms with van der Waals surface area (Å²) in [7, 11) is 0. The first-order valence-electron chi connectivity index (χ1n) is 7.24. The molecule has 3 rings (SSSR count). The van der Waals surface area contributed by atoms with Gasteiger partial charge in [-0.3, -0.25) is 0 Å². The molecule has 104 valence electrons. The molecular formula is C16H21FO2. The first kappa shape index (κ1) is 12.9. The van der Waals surface area contributed by atoms with Crippen LogP contribution in [0.25, 0.3) is 0 Å². The number of benzene rings is 1. The predicted octanol–water partition coefficient (Wildman–Crippen LogP) is 4.00. The SMILES string of the molecule is Cc1ccc(F)c(OC2CCOC3(CCCC3)C2)c1. The zero-order chi connectivity index (χ0) is 13.3. The summed E-state index contributed by atoms with van der Waals surface area (Å²) >= 11 is 0. The van der Waals surface area contributed by atoms with Crippen molar-refractivity contribution in [2.45, 2.75) is 57.2 Å². The average Bonchev–Trinajstić information content (AvgIpc) is 2.82. The number of hydrogen-bond donors (Lipinski definition) is 0. The van der Waals surface area contributed by atoms with Crippen molar-refractivity contribution < 1.29 is 13.9 Å². The van der Waals surface area contributed by atoms with Crippen molar-refractivity contribution in [2.24, 2.45) is 0 Å². The highest BCUT2D eigenvalue weighted by molar-refractivity contribution is 5.29. The van der Waals surface area contributed by atoms with E-state index in [0.29, 0.717) is 5.75 Å². The van der Waals surface area contributed by atoms with E-state index < -0.39 is 0 Å². The van der Waals surface area contributed by atoms with Crippen LogP contribution in [0.15, 0.2) is 18.2 Å². The minimum atomic E-state index is -0.266. The van der Waals surface area contributed by atoms with E-state index in [9.17, 15) is 4.39 Å². The fourth-order valence-corrected chi connectivity index (χ4v) is 3.33. The van der Waals surface area contributed by atoms with E-state index in [0.717, 1.165) is 37.9 Å². The van der Waals surface area contributed by atoms with E-state index >= 15 is 0 Å². The largest absolute Gasteiger partial charge is 0.487 e. The lowest BCUT2D eigenvalue weighted by atomic mass is 9.90. The Morgan fingerprint density at radius 3 is 2.89 bits per heavy atom. The van der Waals surface area contributed by atoms with Crippen LogP contribution in [-0.2, 0) is 4.74 Å². The molecule has 1 unspecified atom stereocenters. The molecule has 1 aliphatic carbocycles. The molecule has 2 fully saturated rings. The molecule has 0 radical (unpaired) electrons. The molecule has 1 aromatic rings. The van der Waals surface area contributed by atoms with Gasteiger partial charge in [0.2, 0.25) is 0 Å². The van der Waals surface area contributed by atoms with Gasteiger partial charge in [-0.25, -0.2) is 4.39 Å². The van der Waals surface area contributed by atoms with E-state index in [1.54, 1.807) is 12.1 Å². The summed E-state index contributed by atoms with van der Waals surface area (Å²) in [5.41, 5.74) is 1.04. The van der Waals surface area contributed by atoms with Gasteiger partial charge in [0.25, 0.3) is 0 Å². The van der Waals surface area contributed by atoms with E-state index in [2.05, 4.69) is 0 Å². The molecule has 0 bridgehead atoms. The van der Waals surface area contributed by atoms with Crippen LogP contribution in [0.3, 0.4) is 0 Å². The normalized spacial score (nSPS) is 25.7. The molecule has 1 aromatic carbocycles. The maximum Gasteiger partial charge on any atom is 0.165 e. The van der Waals surface area contributed by atoms with Crippen molar-refractivity contribution in [3.8, 4) is 5.75 Å². The predicted molar refractivity (Wildman–Crippen MR) is 71.9 cm³/mol. The highest BCUT2D eigenvalue weighted by Gasteiger charge is 2.40. The van der Waals surface area contributed by atoms with E-state index in [4.69, 9.17) is 9.47 Å². The number of ether oxygens (including phenoxy) is 2. The third kappa shape index (κ3) is 2.76. The van der Waals surface area contributed by atoms with Crippen LogP contribution in [-0.4, -0.2) is 18.3 Å². The topological polar surface area (TPSA) is 18.5 Å². The van der Waals surface area contributed by atoms with Gasteiger partial charge in [0.05, 0.1) is 12.2 Å². The van der Waals surface area contributed by atoms with Crippen molar-refractivity contribution in [2.75, 3.05) is 6.61 Å². The van der Waals surface area contributed by atoms with Gasteiger partial charge in [0.1, 0.15) is 6.10 Å². The monoisotopic (exact) mass is 264 g/mol. The van der Waals surface area contributed by atoms with Crippen LogP contribution in [0.2, 0.25) is 0 Å². The van der Waals surface area contributed by atoms with Crippen molar-refractivity contribution >= 4 is 0 Å². The lowest BCUT2D eigenvalue weighted by Gasteiger charge is -2.38. The highest BCUT2D eigenvalue weighted by atomic mass is 19.1. The van der Waals surface area contributed by atoms with Gasteiger partial charge in [0, 0.05) is 12.8 Å². The van der Waals surface area contributed by atoms with Crippen molar-refractivity contribution in [1.82, 2.24) is 0 Å². The van der Waals surface area contributed by atoms with Gasteiger partial charge in [-0.2, -0.15) is 0 Å². The lowest BCUT2D eigenvalue weighted by Crippen LogP contribution is -2.41. The van der Waals surface area contributed by atoms with Gasteiger partial charge < -0.3 is 9.47 Å². The molecule has 1 spiro atoms. The molecule has 1 atom stereocenters. The fraction of sp³-hybridized carbons (Fsp3) is 0.625. The fourth-order valence-electron chi connectivity index (χ4n) is 3.33. The molecule has 0 N–H and O–H groups in total. The number of rotatable bonds is 2. The first-order chi connectivity index (χ1) is 9.17. The second-order valence-electron chi connectivity index (χ2n) is 5.91. The molecule has 0 amide bonds. The highest BCUT2D eigenvalue weighted by Crippen LogP contribution is 2.41. The summed E-state index contributed by atoms with van der Waals surface area (Å²) in [6.45, 7) is 2.69. The first-order valence-corrected chi connectivity index (χ1v) is 7.24. The van der Waals surface area contributed by atoms with E-state index in [1.165, 1.54) is 18.9 Å². The van der Waals surface area contributed by atoms with Gasteiger partial charge in [0.15, 0.2) is 11.6 Å². The zero-order valence-electron chi connectivity index (χ0n) is 11.5. The number of halogens is 1. The van der Waals surface area contributed by atoms with Gasteiger partial charge in [-0.05, 0) is 37.5 Å². The molecule has 0 aromatic heterocycles. The van der Waals surface area contributed by atoms with Gasteiger partial charge in [-0.15, -0.1) is 0 Å². The molecule has 1 saturated carbocycles. The quantitative estimate of drug-likeness (QED) is 0.803. The van der Waals surface area contributed by atoms with Crippen molar-refractivity contribution in [3.05, 3.63) is 29.6 Å². The Morgan fingerprint density at radius 2 is 2.11 bits per heavy atom. The third-order valence-corrected chi connectivity index (χ3v) is 4.34. The Labute approximate surface area is 113 Å². The average molecular weight is 264 g/mol. The van der Waals surface area contributed by atoms with Gasteiger partial charge >= 0.3 is 0 Å². The van der Waals surface area contributed by atoms with E-state index in [-0.39, 0.29) is 17.5 Å². The van der Waals surface area contributed by atoms with Crippen LogP contribution >= 0.6 is 0 Å². The molecule has 1 saturated heterocycles. The van der Waals surface area contributed by atoms with Crippen molar-refractivity contribution in [3.63, 3.8) is 0 Å². The maximum atomic E-state index is 13.7. The second kappa shape index (κ2) is 5.12. The summed E-state index contributed by atoms with van der Waals surface area (Å²) in [6.07, 6.45) is 6.59. The molecule has 1 heterocycles. The standard InChI is InChI=1S/C16H21FO2/c1-12-4-5-14(17)15(10-12)19-13-6-9-18-16(11-13)7-2-3-8-16/h4-5,10,13H,2-3,6-9,11H2,1H3. The molecule has 19 heavy (non-hydrogen) atoms. The zero-order valence-corrected chi connectivity index (χ0v) is 11.5. The summed E-state index contributed by atoms with van der Waals surface area (Å²) in [5.74, 6) is 0.123. The molecule has 2 nitrogen and oxygen atoms in total. The number of aryl methyl sites for hydroxylation is 1. The molecular weight excluding hydrogens is 243 g/mol. The smallest absolute Gasteiger partial charge is 0.165 e. The third-order valence-electron chi connectivity index (χ3n) is 4.34. The Hall–Kier alpha value is -1.09. The van der Waals surface area contributed by atoms with Gasteiger partial charge in [-0.1, -0.05) is 18.9 Å². The molecule has 3 heteroatoms. The van der Waals surface area contributed by atoms with Crippen LogP contribution in [0.1, 0.15) is 44.1 Å². The van der Waals surface area contributed by atoms with Crippen molar-refractivity contribution in [1.29, 1.82) is 0 Å². The van der Waals surface area contributed by atoms with E-state index in [1.807, 2.05) is 6.92 Å². The molecule has 1 aliphatic heterocycles. The lowest BCUT2D eigenvalue weighted by molar-refractivity contribution is -0.108. The Bertz CT molecular complexity index is 452. The second-order valence-corrected chi connectivity index (χ2v) is 5.91. The minimum absolute atomic E-state index is 0.0171. The Kier molecular flexibility index (Phi) is 3.48. The summed E-state index contributed by atoms with van der Waals surface area (Å²) in [6, 6.07) is 5.03. The Balaban J connectivity index is 1.70. The number of hydrogen-bond acceptors (Lipinski definition) is 2.